The van der Waals surface area contributed by atoms with Crippen molar-refractivity contribution in [2.45, 2.75) is 6.54 Å². The molecule has 134 valence electrons. The van der Waals surface area contributed by atoms with E-state index in [-0.39, 0.29) is 12.5 Å². The second-order valence-corrected chi connectivity index (χ2v) is 6.32. The first kappa shape index (κ1) is 16.9. The molecule has 0 aliphatic heterocycles. The number of hydrogen-bond donors (Lipinski definition) is 1. The molecule has 1 aromatic carbocycles. The SMILES string of the molecule is O=C(NCc1cn(-c2ccncc2)nn1)c1ccc(Oc2nccs2)cc1. The van der Waals surface area contributed by atoms with Gasteiger partial charge >= 0.3 is 0 Å². The Morgan fingerprint density at radius 3 is 2.67 bits per heavy atom. The molecule has 0 bridgehead atoms. The molecule has 0 saturated carbocycles. The van der Waals surface area contributed by atoms with E-state index in [0.717, 1.165) is 5.69 Å². The highest BCUT2D eigenvalue weighted by Crippen LogP contribution is 2.23. The summed E-state index contributed by atoms with van der Waals surface area (Å²) in [5.41, 5.74) is 2.04. The van der Waals surface area contributed by atoms with Gasteiger partial charge in [0.1, 0.15) is 11.4 Å². The minimum Gasteiger partial charge on any atom is -0.431 e. The number of ether oxygens (including phenoxy) is 1. The number of carbonyl (C=O) groups excluding carboxylic acids is 1. The number of carbonyl (C=O) groups is 1. The molecule has 0 unspecified atom stereocenters. The zero-order valence-corrected chi connectivity index (χ0v) is 14.8. The lowest BCUT2D eigenvalue weighted by atomic mass is 10.2. The Balaban J connectivity index is 1.35. The first-order valence-corrected chi connectivity index (χ1v) is 8.93. The molecule has 0 aliphatic carbocycles. The molecule has 0 saturated heterocycles. The molecule has 0 aliphatic rings. The van der Waals surface area contributed by atoms with Crippen LogP contribution in [0.5, 0.6) is 10.9 Å². The Hall–Kier alpha value is -3.59. The largest absolute Gasteiger partial charge is 0.431 e. The normalized spacial score (nSPS) is 10.5. The lowest BCUT2D eigenvalue weighted by Gasteiger charge is -2.05. The van der Waals surface area contributed by atoms with E-state index in [2.05, 4.69) is 25.6 Å². The summed E-state index contributed by atoms with van der Waals surface area (Å²) in [6, 6.07) is 10.5. The minimum absolute atomic E-state index is 0.200. The van der Waals surface area contributed by atoms with E-state index >= 15 is 0 Å². The first-order valence-electron chi connectivity index (χ1n) is 8.05. The van der Waals surface area contributed by atoms with Crippen molar-refractivity contribution in [1.29, 1.82) is 0 Å². The predicted octanol–water partition coefficient (Wildman–Crippen LogP) is 2.84. The molecule has 1 amide bonds. The van der Waals surface area contributed by atoms with Crippen molar-refractivity contribution in [1.82, 2.24) is 30.3 Å². The summed E-state index contributed by atoms with van der Waals surface area (Å²) in [6.45, 7) is 0.279. The first-order chi connectivity index (χ1) is 13.3. The van der Waals surface area contributed by atoms with Gasteiger partial charge in [-0.15, -0.1) is 5.10 Å². The third kappa shape index (κ3) is 4.15. The van der Waals surface area contributed by atoms with Crippen LogP contribution in [0, 0.1) is 0 Å². The molecule has 3 aromatic heterocycles. The highest BCUT2D eigenvalue weighted by Gasteiger charge is 2.08. The maximum atomic E-state index is 12.3. The van der Waals surface area contributed by atoms with E-state index in [9.17, 15) is 4.79 Å². The number of aromatic nitrogens is 5. The molecule has 27 heavy (non-hydrogen) atoms. The molecule has 0 atom stereocenters. The monoisotopic (exact) mass is 378 g/mol. The van der Waals surface area contributed by atoms with E-state index < -0.39 is 0 Å². The zero-order chi connectivity index (χ0) is 18.5. The maximum Gasteiger partial charge on any atom is 0.278 e. The van der Waals surface area contributed by atoms with Crippen LogP contribution in [0.25, 0.3) is 5.69 Å². The third-order valence-electron chi connectivity index (χ3n) is 3.63. The van der Waals surface area contributed by atoms with Crippen LogP contribution in [0.2, 0.25) is 0 Å². The fourth-order valence-corrected chi connectivity index (χ4v) is 2.82. The van der Waals surface area contributed by atoms with E-state index in [1.807, 2.05) is 17.5 Å². The highest BCUT2D eigenvalue weighted by atomic mass is 32.1. The molecular formula is C18H14N6O2S. The Bertz CT molecular complexity index is 1020. The van der Waals surface area contributed by atoms with Crippen LogP contribution in [0.3, 0.4) is 0 Å². The van der Waals surface area contributed by atoms with Crippen molar-refractivity contribution in [2.75, 3.05) is 0 Å². The van der Waals surface area contributed by atoms with Crippen molar-refractivity contribution in [3.8, 4) is 16.6 Å². The number of amides is 1. The van der Waals surface area contributed by atoms with E-state index in [4.69, 9.17) is 4.74 Å². The summed E-state index contributed by atoms with van der Waals surface area (Å²) in [5.74, 6) is 0.427. The molecule has 4 rings (SSSR count). The minimum atomic E-state index is -0.200. The smallest absolute Gasteiger partial charge is 0.278 e. The quantitative estimate of drug-likeness (QED) is 0.554. The van der Waals surface area contributed by atoms with E-state index in [1.165, 1.54) is 11.3 Å². The summed E-state index contributed by atoms with van der Waals surface area (Å²) < 4.78 is 7.21. The topological polar surface area (TPSA) is 94.8 Å². The number of nitrogens with one attached hydrogen (secondary N) is 1. The van der Waals surface area contributed by atoms with Gasteiger partial charge in [-0.05, 0) is 36.4 Å². The van der Waals surface area contributed by atoms with Crippen molar-refractivity contribution >= 4 is 17.2 Å². The molecular weight excluding hydrogens is 364 g/mol. The van der Waals surface area contributed by atoms with Gasteiger partial charge in [-0.25, -0.2) is 9.67 Å². The highest BCUT2D eigenvalue weighted by molar-refractivity contribution is 7.11. The third-order valence-corrected chi connectivity index (χ3v) is 4.28. The molecule has 1 N–H and O–H groups in total. The number of hydrogen-bond acceptors (Lipinski definition) is 7. The Morgan fingerprint density at radius 1 is 1.11 bits per heavy atom. The van der Waals surface area contributed by atoms with Crippen LogP contribution in [0.4, 0.5) is 0 Å². The van der Waals surface area contributed by atoms with Crippen molar-refractivity contribution in [3.05, 3.63) is 77.8 Å². The van der Waals surface area contributed by atoms with Crippen molar-refractivity contribution < 1.29 is 9.53 Å². The fraction of sp³-hybridized carbons (Fsp3) is 0.0556. The van der Waals surface area contributed by atoms with Gasteiger partial charge in [0.25, 0.3) is 11.1 Å². The predicted molar refractivity (Wildman–Crippen MR) is 99.0 cm³/mol. The van der Waals surface area contributed by atoms with E-state index in [0.29, 0.717) is 22.2 Å². The summed E-state index contributed by atoms with van der Waals surface area (Å²) in [6.07, 6.45) is 6.80. The van der Waals surface area contributed by atoms with Crippen LogP contribution in [0.1, 0.15) is 16.1 Å². The number of thiazole rings is 1. The van der Waals surface area contributed by atoms with Gasteiger partial charge in [-0.2, -0.15) is 0 Å². The Kier molecular flexibility index (Phi) is 4.84. The molecule has 0 spiro atoms. The summed E-state index contributed by atoms with van der Waals surface area (Å²) in [5, 5.41) is 13.3. The molecule has 0 radical (unpaired) electrons. The standard InChI is InChI=1S/C18H14N6O2S/c25-17(13-1-3-16(4-2-13)26-18-20-9-10-27-18)21-11-14-12-24(23-22-14)15-5-7-19-8-6-15/h1-10,12H,11H2,(H,21,25). The van der Waals surface area contributed by atoms with Crippen LogP contribution < -0.4 is 10.1 Å². The van der Waals surface area contributed by atoms with Gasteiger partial charge < -0.3 is 10.1 Å². The summed E-state index contributed by atoms with van der Waals surface area (Å²) in [4.78, 5) is 20.3. The van der Waals surface area contributed by atoms with Gasteiger partial charge in [0.2, 0.25) is 0 Å². The molecule has 0 fully saturated rings. The van der Waals surface area contributed by atoms with Crippen LogP contribution in [-0.4, -0.2) is 30.9 Å². The fourth-order valence-electron chi connectivity index (χ4n) is 2.31. The molecule has 9 heteroatoms. The Morgan fingerprint density at radius 2 is 1.93 bits per heavy atom. The van der Waals surface area contributed by atoms with Gasteiger partial charge in [-0.1, -0.05) is 16.6 Å². The number of benzene rings is 1. The van der Waals surface area contributed by atoms with Crippen LogP contribution in [-0.2, 0) is 6.54 Å². The zero-order valence-electron chi connectivity index (χ0n) is 14.0. The van der Waals surface area contributed by atoms with Crippen LogP contribution >= 0.6 is 11.3 Å². The van der Waals surface area contributed by atoms with Crippen molar-refractivity contribution in [2.24, 2.45) is 0 Å². The van der Waals surface area contributed by atoms with Gasteiger partial charge in [-0.3, -0.25) is 9.78 Å². The maximum absolute atomic E-state index is 12.3. The summed E-state index contributed by atoms with van der Waals surface area (Å²) >= 11 is 1.40. The lowest BCUT2D eigenvalue weighted by Crippen LogP contribution is -2.22. The summed E-state index contributed by atoms with van der Waals surface area (Å²) in [7, 11) is 0. The molecule has 4 aromatic rings. The average Bonchev–Trinajstić information content (AvgIpc) is 3.39. The number of rotatable bonds is 6. The van der Waals surface area contributed by atoms with Gasteiger partial charge in [0, 0.05) is 29.5 Å². The van der Waals surface area contributed by atoms with E-state index in [1.54, 1.807) is 53.7 Å². The molecule has 3 heterocycles. The number of pyridine rings is 1. The lowest BCUT2D eigenvalue weighted by molar-refractivity contribution is 0.0950. The second-order valence-electron chi connectivity index (χ2n) is 5.47. The molecule has 8 nitrogen and oxygen atoms in total. The Labute approximate surface area is 158 Å². The van der Waals surface area contributed by atoms with Gasteiger partial charge in [0.05, 0.1) is 18.4 Å². The van der Waals surface area contributed by atoms with Gasteiger partial charge in [0.15, 0.2) is 0 Å². The van der Waals surface area contributed by atoms with Crippen molar-refractivity contribution in [3.63, 3.8) is 0 Å². The number of nitrogens with zero attached hydrogens (tertiary/aromatic N) is 5. The second kappa shape index (κ2) is 7.75. The average molecular weight is 378 g/mol. The van der Waals surface area contributed by atoms with Crippen LogP contribution in [0.15, 0.2) is 66.6 Å².